The predicted molar refractivity (Wildman–Crippen MR) is 107 cm³/mol. The van der Waals surface area contributed by atoms with Crippen molar-refractivity contribution in [1.82, 2.24) is 4.98 Å². The molecular formula is C20H20N6O2. The molecule has 8 heteroatoms. The zero-order valence-corrected chi connectivity index (χ0v) is 15.0. The number of benzene rings is 2. The maximum Gasteiger partial charge on any atom is 0.328 e. The third-order valence-electron chi connectivity index (χ3n) is 3.87. The third-order valence-corrected chi connectivity index (χ3v) is 3.87. The second-order valence-corrected chi connectivity index (χ2v) is 6.03. The molecule has 0 aliphatic heterocycles. The molecule has 8 nitrogen and oxygen atoms in total. The van der Waals surface area contributed by atoms with Crippen LogP contribution in [-0.4, -0.2) is 17.0 Å². The molecule has 28 heavy (non-hydrogen) atoms. The van der Waals surface area contributed by atoms with Crippen molar-refractivity contribution in [3.05, 3.63) is 72.3 Å². The summed E-state index contributed by atoms with van der Waals surface area (Å²) in [7, 11) is 0. The summed E-state index contributed by atoms with van der Waals surface area (Å²) in [4.78, 5) is 16.3. The first-order valence-corrected chi connectivity index (χ1v) is 8.57. The van der Waals surface area contributed by atoms with Crippen molar-refractivity contribution in [2.75, 3.05) is 11.5 Å². The number of hydrogen-bond acceptors (Lipinski definition) is 8. The van der Waals surface area contributed by atoms with Gasteiger partial charge < -0.3 is 21.9 Å². The Balaban J connectivity index is 1.73. The molecule has 1 heterocycles. The van der Waals surface area contributed by atoms with Crippen molar-refractivity contribution in [3.63, 3.8) is 0 Å². The Labute approximate surface area is 162 Å². The maximum atomic E-state index is 12.4. The molecule has 2 aromatic carbocycles. The first-order chi connectivity index (χ1) is 13.5. The summed E-state index contributed by atoms with van der Waals surface area (Å²) in [6.45, 7) is 0. The minimum atomic E-state index is -0.802. The van der Waals surface area contributed by atoms with Gasteiger partial charge in [0.1, 0.15) is 23.2 Å². The first kappa shape index (κ1) is 19.0. The topological polar surface area (TPSA) is 142 Å². The van der Waals surface area contributed by atoms with Crippen molar-refractivity contribution in [2.24, 2.45) is 16.0 Å². The number of carbonyl (C=O) groups excluding carboxylic acids is 1. The van der Waals surface area contributed by atoms with E-state index in [-0.39, 0.29) is 17.4 Å². The third kappa shape index (κ3) is 4.89. The van der Waals surface area contributed by atoms with Gasteiger partial charge in [0.05, 0.1) is 0 Å². The van der Waals surface area contributed by atoms with Gasteiger partial charge >= 0.3 is 5.97 Å². The van der Waals surface area contributed by atoms with E-state index in [1.807, 2.05) is 30.3 Å². The summed E-state index contributed by atoms with van der Waals surface area (Å²) in [6, 6.07) is 18.6. The highest BCUT2D eigenvalue weighted by Gasteiger charge is 2.18. The highest BCUT2D eigenvalue weighted by atomic mass is 16.5. The predicted octanol–water partition coefficient (Wildman–Crippen LogP) is 3.14. The number of anilines is 2. The van der Waals surface area contributed by atoms with Crippen LogP contribution in [0.3, 0.4) is 0 Å². The lowest BCUT2D eigenvalue weighted by Gasteiger charge is -2.12. The Morgan fingerprint density at radius 2 is 1.61 bits per heavy atom. The van der Waals surface area contributed by atoms with Crippen molar-refractivity contribution >= 4 is 29.0 Å². The fourth-order valence-corrected chi connectivity index (χ4v) is 2.44. The van der Waals surface area contributed by atoms with E-state index in [0.29, 0.717) is 17.8 Å². The molecule has 0 aliphatic carbocycles. The Morgan fingerprint density at radius 3 is 2.36 bits per heavy atom. The van der Waals surface area contributed by atoms with Gasteiger partial charge in [-0.3, -0.25) is 0 Å². The number of ether oxygens (including phenoxy) is 1. The lowest BCUT2D eigenvalue weighted by atomic mass is 10.1. The van der Waals surface area contributed by atoms with Crippen LogP contribution in [0.1, 0.15) is 5.56 Å². The van der Waals surface area contributed by atoms with Crippen LogP contribution in [0, 0.1) is 0 Å². The molecule has 0 spiro atoms. The molecule has 1 aromatic heterocycles. The van der Waals surface area contributed by atoms with E-state index in [2.05, 4.69) is 15.2 Å². The maximum absolute atomic E-state index is 12.4. The molecular weight excluding hydrogens is 356 g/mol. The molecule has 0 radical (unpaired) electrons. The van der Waals surface area contributed by atoms with Crippen LogP contribution in [0.4, 0.5) is 23.0 Å². The van der Waals surface area contributed by atoms with Gasteiger partial charge in [-0.25, -0.2) is 9.78 Å². The largest absolute Gasteiger partial charge is 0.423 e. The highest BCUT2D eigenvalue weighted by Crippen LogP contribution is 2.30. The Morgan fingerprint density at radius 1 is 0.929 bits per heavy atom. The van der Waals surface area contributed by atoms with Gasteiger partial charge in [-0.05, 0) is 36.2 Å². The second-order valence-electron chi connectivity index (χ2n) is 6.03. The number of esters is 1. The molecule has 0 amide bonds. The molecule has 3 rings (SSSR count). The number of rotatable bonds is 6. The van der Waals surface area contributed by atoms with Gasteiger partial charge in [0, 0.05) is 0 Å². The summed E-state index contributed by atoms with van der Waals surface area (Å²) in [5, 5.41) is 8.17. The van der Waals surface area contributed by atoms with Gasteiger partial charge in [0.2, 0.25) is 0 Å². The standard InChI is InChI=1S/C20H20N6O2/c21-14(12-13-6-2-1-3-7-13)20(27)28-17-9-5-4-8-15(17)25-26-16-10-11-18(22)24-19(16)23/h1-11,14H,12,21H2,(H4,22,23,24)/b26-25+/t14-/m0/s1. The van der Waals surface area contributed by atoms with Crippen LogP contribution in [0.25, 0.3) is 0 Å². The average molecular weight is 376 g/mol. The molecule has 0 unspecified atom stereocenters. The van der Waals surface area contributed by atoms with Crippen LogP contribution < -0.4 is 21.9 Å². The number of azo groups is 1. The number of nitrogens with zero attached hydrogens (tertiary/aromatic N) is 3. The number of para-hydroxylation sites is 1. The number of nitrogens with two attached hydrogens (primary N) is 3. The zero-order chi connectivity index (χ0) is 19.9. The summed E-state index contributed by atoms with van der Waals surface area (Å²) >= 11 is 0. The SMILES string of the molecule is Nc1ccc(/N=N/c2ccccc2OC(=O)[C@@H](N)Cc2ccccc2)c(N)n1. The Bertz CT molecular complexity index is 991. The van der Waals surface area contributed by atoms with Crippen LogP contribution in [0.2, 0.25) is 0 Å². The van der Waals surface area contributed by atoms with E-state index in [1.54, 1.807) is 36.4 Å². The second kappa shape index (κ2) is 8.74. The molecule has 0 fully saturated rings. The lowest BCUT2D eigenvalue weighted by molar-refractivity contribution is -0.135. The van der Waals surface area contributed by atoms with E-state index < -0.39 is 12.0 Å². The lowest BCUT2D eigenvalue weighted by Crippen LogP contribution is -2.36. The Hall–Kier alpha value is -3.78. The Kier molecular flexibility index (Phi) is 5.93. The number of carbonyl (C=O) groups is 1. The quantitative estimate of drug-likeness (QED) is 0.343. The fraction of sp³-hybridized carbons (Fsp3) is 0.100. The highest BCUT2D eigenvalue weighted by molar-refractivity contribution is 5.79. The van der Waals surface area contributed by atoms with E-state index in [0.717, 1.165) is 5.56 Å². The molecule has 0 saturated carbocycles. The van der Waals surface area contributed by atoms with Crippen LogP contribution in [-0.2, 0) is 11.2 Å². The molecule has 0 saturated heterocycles. The van der Waals surface area contributed by atoms with Crippen molar-refractivity contribution in [1.29, 1.82) is 0 Å². The zero-order valence-electron chi connectivity index (χ0n) is 15.0. The monoisotopic (exact) mass is 376 g/mol. The van der Waals surface area contributed by atoms with Crippen molar-refractivity contribution in [3.8, 4) is 5.75 Å². The summed E-state index contributed by atoms with van der Waals surface area (Å²) < 4.78 is 5.43. The number of nitrogen functional groups attached to an aromatic ring is 2. The van der Waals surface area contributed by atoms with Gasteiger partial charge in [0.25, 0.3) is 0 Å². The number of pyridine rings is 1. The molecule has 1 atom stereocenters. The van der Waals surface area contributed by atoms with Crippen LogP contribution >= 0.6 is 0 Å². The molecule has 6 N–H and O–H groups in total. The minimum absolute atomic E-state index is 0.156. The average Bonchev–Trinajstić information content (AvgIpc) is 2.69. The molecule has 0 aliphatic rings. The summed E-state index contributed by atoms with van der Waals surface area (Å²) in [5.74, 6) is 0.142. The number of aromatic nitrogens is 1. The van der Waals surface area contributed by atoms with Gasteiger partial charge in [0.15, 0.2) is 11.6 Å². The van der Waals surface area contributed by atoms with Gasteiger partial charge in [-0.15, -0.1) is 10.2 Å². The van der Waals surface area contributed by atoms with Crippen molar-refractivity contribution < 1.29 is 9.53 Å². The number of hydrogen-bond donors (Lipinski definition) is 3. The van der Waals surface area contributed by atoms with E-state index in [4.69, 9.17) is 21.9 Å². The minimum Gasteiger partial charge on any atom is -0.423 e. The smallest absolute Gasteiger partial charge is 0.328 e. The molecule has 3 aromatic rings. The van der Waals surface area contributed by atoms with Crippen molar-refractivity contribution in [2.45, 2.75) is 12.5 Å². The summed E-state index contributed by atoms with van der Waals surface area (Å²) in [5.41, 5.74) is 19.0. The van der Waals surface area contributed by atoms with E-state index >= 15 is 0 Å². The van der Waals surface area contributed by atoms with Crippen LogP contribution in [0.5, 0.6) is 5.75 Å². The molecule has 0 bridgehead atoms. The molecule has 142 valence electrons. The van der Waals surface area contributed by atoms with Gasteiger partial charge in [-0.1, -0.05) is 42.5 Å². The van der Waals surface area contributed by atoms with Gasteiger partial charge in [-0.2, -0.15) is 0 Å². The van der Waals surface area contributed by atoms with E-state index in [1.165, 1.54) is 0 Å². The van der Waals surface area contributed by atoms with E-state index in [9.17, 15) is 4.79 Å². The van der Waals surface area contributed by atoms with Crippen LogP contribution in [0.15, 0.2) is 77.0 Å². The summed E-state index contributed by atoms with van der Waals surface area (Å²) in [6.07, 6.45) is 0.372. The normalized spacial score (nSPS) is 12.0. The fourth-order valence-electron chi connectivity index (χ4n) is 2.44. The first-order valence-electron chi connectivity index (χ1n) is 8.57.